The molecule has 19 heavy (non-hydrogen) atoms. The maximum absolute atomic E-state index is 11.7. The van der Waals surface area contributed by atoms with E-state index in [4.69, 9.17) is 9.84 Å². The Labute approximate surface area is 112 Å². The average Bonchev–Trinajstić information content (AvgIpc) is 2.96. The van der Waals surface area contributed by atoms with Crippen LogP contribution in [0, 0.1) is 5.92 Å². The zero-order valence-electron chi connectivity index (χ0n) is 11.2. The minimum atomic E-state index is -0.788. The first-order valence-corrected chi connectivity index (χ1v) is 6.99. The fourth-order valence-corrected chi connectivity index (χ4v) is 2.74. The molecule has 2 aliphatic rings. The number of carbonyl (C=O) groups excluding carboxylic acids is 1. The van der Waals surface area contributed by atoms with Crippen molar-refractivity contribution in [3.05, 3.63) is 0 Å². The van der Waals surface area contributed by atoms with E-state index in [2.05, 4.69) is 10.6 Å². The molecule has 2 saturated heterocycles. The van der Waals surface area contributed by atoms with Crippen LogP contribution in [0.2, 0.25) is 0 Å². The number of carbonyl (C=O) groups is 2. The van der Waals surface area contributed by atoms with Gasteiger partial charge in [0, 0.05) is 6.54 Å². The van der Waals surface area contributed by atoms with Gasteiger partial charge < -0.3 is 20.5 Å². The Balaban J connectivity index is 1.56. The van der Waals surface area contributed by atoms with E-state index in [1.165, 1.54) is 0 Å². The molecule has 0 spiro atoms. The summed E-state index contributed by atoms with van der Waals surface area (Å²) in [6.07, 6.45) is 4.81. The molecule has 0 aromatic heterocycles. The molecule has 0 saturated carbocycles. The summed E-state index contributed by atoms with van der Waals surface area (Å²) in [5.74, 6) is -1.15. The number of aliphatic carboxylic acids is 1. The van der Waals surface area contributed by atoms with Gasteiger partial charge in [-0.2, -0.15) is 0 Å². The molecule has 2 rings (SSSR count). The van der Waals surface area contributed by atoms with Gasteiger partial charge in [0.05, 0.1) is 24.2 Å². The lowest BCUT2D eigenvalue weighted by molar-refractivity contribution is -0.141. The SMILES string of the molecule is CC(CCCNC(=O)NC1CC2CCC1O2)C(=O)O. The summed E-state index contributed by atoms with van der Waals surface area (Å²) in [7, 11) is 0. The molecule has 6 nitrogen and oxygen atoms in total. The third-order valence-corrected chi connectivity index (χ3v) is 3.94. The Kier molecular flexibility index (Phi) is 4.63. The molecule has 108 valence electrons. The molecule has 4 unspecified atom stereocenters. The average molecular weight is 270 g/mol. The van der Waals surface area contributed by atoms with Gasteiger partial charge in [0.15, 0.2) is 0 Å². The Bertz CT molecular complexity index is 348. The smallest absolute Gasteiger partial charge is 0.315 e. The van der Waals surface area contributed by atoms with E-state index < -0.39 is 5.97 Å². The molecule has 2 bridgehead atoms. The molecule has 0 radical (unpaired) electrons. The van der Waals surface area contributed by atoms with Gasteiger partial charge >= 0.3 is 12.0 Å². The number of urea groups is 1. The summed E-state index contributed by atoms with van der Waals surface area (Å²) in [4.78, 5) is 22.3. The predicted molar refractivity (Wildman–Crippen MR) is 68.9 cm³/mol. The van der Waals surface area contributed by atoms with Gasteiger partial charge in [0.2, 0.25) is 0 Å². The zero-order valence-corrected chi connectivity index (χ0v) is 11.2. The van der Waals surface area contributed by atoms with Crippen molar-refractivity contribution in [2.24, 2.45) is 5.92 Å². The van der Waals surface area contributed by atoms with E-state index in [9.17, 15) is 9.59 Å². The van der Waals surface area contributed by atoms with Crippen molar-refractivity contribution in [1.82, 2.24) is 10.6 Å². The minimum absolute atomic E-state index is 0.136. The molecule has 0 aromatic rings. The normalized spacial score (nSPS) is 30.1. The summed E-state index contributed by atoms with van der Waals surface area (Å²) in [5.41, 5.74) is 0. The monoisotopic (exact) mass is 270 g/mol. The molecule has 0 aliphatic carbocycles. The van der Waals surface area contributed by atoms with Crippen LogP contribution in [-0.4, -0.2) is 41.9 Å². The molecule has 2 aliphatic heterocycles. The second kappa shape index (κ2) is 6.23. The van der Waals surface area contributed by atoms with Crippen molar-refractivity contribution in [3.8, 4) is 0 Å². The Morgan fingerprint density at radius 2 is 2.21 bits per heavy atom. The number of hydrogen-bond donors (Lipinski definition) is 3. The van der Waals surface area contributed by atoms with Crippen LogP contribution in [0.3, 0.4) is 0 Å². The summed E-state index contributed by atoms with van der Waals surface area (Å²) in [5, 5.41) is 14.4. The Morgan fingerprint density at radius 3 is 2.79 bits per heavy atom. The molecule has 3 N–H and O–H groups in total. The molecule has 4 atom stereocenters. The highest BCUT2D eigenvalue weighted by molar-refractivity contribution is 5.74. The van der Waals surface area contributed by atoms with E-state index in [0.717, 1.165) is 19.3 Å². The lowest BCUT2D eigenvalue weighted by atomic mass is 9.96. The second-order valence-electron chi connectivity index (χ2n) is 5.50. The van der Waals surface area contributed by atoms with Gasteiger partial charge in [-0.3, -0.25) is 4.79 Å². The lowest BCUT2D eigenvalue weighted by Crippen LogP contribution is -2.46. The quantitative estimate of drug-likeness (QED) is 0.631. The van der Waals surface area contributed by atoms with Crippen molar-refractivity contribution in [2.45, 2.75) is 57.3 Å². The highest BCUT2D eigenvalue weighted by atomic mass is 16.5. The number of fused-ring (bicyclic) bond motifs is 2. The third kappa shape index (κ3) is 3.83. The van der Waals surface area contributed by atoms with Crippen LogP contribution in [0.15, 0.2) is 0 Å². The first kappa shape index (κ1) is 14.1. The van der Waals surface area contributed by atoms with Crippen molar-refractivity contribution < 1.29 is 19.4 Å². The largest absolute Gasteiger partial charge is 0.481 e. The van der Waals surface area contributed by atoms with Crippen molar-refractivity contribution in [2.75, 3.05) is 6.54 Å². The summed E-state index contributed by atoms with van der Waals surface area (Å²) < 4.78 is 5.66. The molecule has 6 heteroatoms. The molecular weight excluding hydrogens is 248 g/mol. The molecular formula is C13H22N2O4. The summed E-state index contributed by atoms with van der Waals surface area (Å²) in [6.45, 7) is 2.18. The molecule has 2 amide bonds. The first-order valence-electron chi connectivity index (χ1n) is 6.99. The van der Waals surface area contributed by atoms with Gasteiger partial charge in [-0.05, 0) is 32.1 Å². The maximum atomic E-state index is 11.7. The summed E-state index contributed by atoms with van der Waals surface area (Å²) >= 11 is 0. The number of ether oxygens (including phenoxy) is 1. The summed E-state index contributed by atoms with van der Waals surface area (Å²) in [6, 6.07) is -0.0409. The van der Waals surface area contributed by atoms with E-state index in [1.807, 2.05) is 0 Å². The topological polar surface area (TPSA) is 87.7 Å². The van der Waals surface area contributed by atoms with E-state index in [0.29, 0.717) is 25.5 Å². The highest BCUT2D eigenvalue weighted by Gasteiger charge is 2.41. The number of hydrogen-bond acceptors (Lipinski definition) is 3. The van der Waals surface area contributed by atoms with Crippen molar-refractivity contribution >= 4 is 12.0 Å². The maximum Gasteiger partial charge on any atom is 0.315 e. The Morgan fingerprint density at radius 1 is 1.42 bits per heavy atom. The van der Waals surface area contributed by atoms with Crippen molar-refractivity contribution in [3.63, 3.8) is 0 Å². The molecule has 2 fully saturated rings. The predicted octanol–water partition coefficient (Wildman–Crippen LogP) is 1.11. The standard InChI is InChI=1S/C13H22N2O4/c1-8(12(16)17)3-2-6-14-13(18)15-10-7-9-4-5-11(10)19-9/h8-11H,2-7H2,1H3,(H,16,17)(H2,14,15,18). The van der Waals surface area contributed by atoms with Crippen LogP contribution in [-0.2, 0) is 9.53 Å². The van der Waals surface area contributed by atoms with E-state index in [1.54, 1.807) is 6.92 Å². The van der Waals surface area contributed by atoms with Gasteiger partial charge in [-0.15, -0.1) is 0 Å². The third-order valence-electron chi connectivity index (χ3n) is 3.94. The lowest BCUT2D eigenvalue weighted by Gasteiger charge is -2.20. The highest BCUT2D eigenvalue weighted by Crippen LogP contribution is 2.34. The van der Waals surface area contributed by atoms with Gasteiger partial charge in [0.1, 0.15) is 0 Å². The molecule has 0 aromatic carbocycles. The zero-order chi connectivity index (χ0) is 13.8. The van der Waals surface area contributed by atoms with Crippen LogP contribution in [0.25, 0.3) is 0 Å². The number of rotatable bonds is 6. The molecule has 2 heterocycles. The fourth-order valence-electron chi connectivity index (χ4n) is 2.74. The number of amides is 2. The Hall–Kier alpha value is -1.30. The van der Waals surface area contributed by atoms with Crippen LogP contribution < -0.4 is 10.6 Å². The fraction of sp³-hybridized carbons (Fsp3) is 0.846. The van der Waals surface area contributed by atoms with Gasteiger partial charge in [-0.1, -0.05) is 6.92 Å². The van der Waals surface area contributed by atoms with Crippen molar-refractivity contribution in [1.29, 1.82) is 0 Å². The van der Waals surface area contributed by atoms with Crippen LogP contribution in [0.4, 0.5) is 4.79 Å². The second-order valence-corrected chi connectivity index (χ2v) is 5.50. The number of nitrogens with one attached hydrogen (secondary N) is 2. The van der Waals surface area contributed by atoms with Crippen LogP contribution >= 0.6 is 0 Å². The number of carboxylic acids is 1. The minimum Gasteiger partial charge on any atom is -0.481 e. The van der Waals surface area contributed by atoms with Gasteiger partial charge in [-0.25, -0.2) is 4.79 Å². The first-order chi connectivity index (χ1) is 9.06. The van der Waals surface area contributed by atoms with Crippen LogP contribution in [0.5, 0.6) is 0 Å². The van der Waals surface area contributed by atoms with Gasteiger partial charge in [0.25, 0.3) is 0 Å². The van der Waals surface area contributed by atoms with E-state index in [-0.39, 0.29) is 24.1 Å². The van der Waals surface area contributed by atoms with Crippen LogP contribution in [0.1, 0.15) is 39.0 Å². The van der Waals surface area contributed by atoms with E-state index >= 15 is 0 Å². The number of carboxylic acid groups (broad SMARTS) is 1.